The summed E-state index contributed by atoms with van der Waals surface area (Å²) < 4.78 is 14.0. The third-order valence-corrected chi connectivity index (χ3v) is 4.93. The van der Waals surface area contributed by atoms with E-state index in [4.69, 9.17) is 9.47 Å². The van der Waals surface area contributed by atoms with E-state index in [0.29, 0.717) is 25.3 Å². The summed E-state index contributed by atoms with van der Waals surface area (Å²) in [7, 11) is 1.92. The highest BCUT2D eigenvalue weighted by Gasteiger charge is 2.22. The van der Waals surface area contributed by atoms with Gasteiger partial charge >= 0.3 is 0 Å². The minimum absolute atomic E-state index is 0.126. The molecule has 1 aliphatic rings. The number of hydrogen-bond acceptors (Lipinski definition) is 3. The van der Waals surface area contributed by atoms with Gasteiger partial charge in [-0.05, 0) is 46.6 Å². The van der Waals surface area contributed by atoms with Crippen molar-refractivity contribution in [2.45, 2.75) is 20.3 Å². The Hall–Kier alpha value is -1.75. The van der Waals surface area contributed by atoms with Crippen molar-refractivity contribution in [2.24, 2.45) is 7.05 Å². The van der Waals surface area contributed by atoms with Crippen LogP contribution in [0.4, 0.5) is 0 Å². The molecule has 0 N–H and O–H groups in total. The quantitative estimate of drug-likeness (QED) is 0.769. The largest absolute Gasteiger partial charge is 0.486 e. The number of benzene rings is 1. The Balaban J connectivity index is 2.15. The number of ketones is 1. The lowest BCUT2D eigenvalue weighted by Gasteiger charge is -2.19. The maximum Gasteiger partial charge on any atom is 0.180 e. The van der Waals surface area contributed by atoms with Crippen molar-refractivity contribution >= 4 is 21.7 Å². The molecule has 4 nitrogen and oxygen atoms in total. The zero-order valence-corrected chi connectivity index (χ0v) is 14.5. The molecule has 3 rings (SSSR count). The molecular formula is C17H18BrNO3. The first-order valence-corrected chi connectivity index (χ1v) is 8.11. The molecule has 2 heterocycles. The molecule has 0 spiro atoms. The van der Waals surface area contributed by atoms with Gasteiger partial charge in [0.1, 0.15) is 13.2 Å². The summed E-state index contributed by atoms with van der Waals surface area (Å²) in [4.78, 5) is 12.2. The number of Topliss-reactive ketones (excluding diaryl/α,β-unsaturated/α-hetero) is 1. The van der Waals surface area contributed by atoms with Crippen molar-refractivity contribution in [3.63, 3.8) is 0 Å². The summed E-state index contributed by atoms with van der Waals surface area (Å²) in [5.41, 5.74) is 3.79. The van der Waals surface area contributed by atoms with Crippen LogP contribution in [0.25, 0.3) is 11.3 Å². The summed E-state index contributed by atoms with van der Waals surface area (Å²) in [6, 6.07) is 5.90. The van der Waals surface area contributed by atoms with Gasteiger partial charge in [-0.3, -0.25) is 4.79 Å². The molecule has 0 bridgehead atoms. The Morgan fingerprint density at radius 2 is 1.95 bits per heavy atom. The molecular weight excluding hydrogens is 346 g/mol. The molecule has 0 atom stereocenters. The monoisotopic (exact) mass is 363 g/mol. The predicted molar refractivity (Wildman–Crippen MR) is 88.9 cm³/mol. The first kappa shape index (κ1) is 15.2. The number of rotatable bonds is 3. The van der Waals surface area contributed by atoms with Crippen LogP contribution in [-0.4, -0.2) is 23.6 Å². The van der Waals surface area contributed by atoms with Gasteiger partial charge < -0.3 is 14.0 Å². The standard InChI is InChI=1S/C17H18BrNO3/c1-4-12(20)17-15(18)10(2)16(19(17)3)11-5-6-13-14(9-11)22-8-7-21-13/h5-6,9H,4,7-8H2,1-3H3. The van der Waals surface area contributed by atoms with Gasteiger partial charge in [0.05, 0.1) is 11.4 Å². The van der Waals surface area contributed by atoms with Crippen LogP contribution in [0.5, 0.6) is 11.5 Å². The Labute approximate surface area is 138 Å². The lowest BCUT2D eigenvalue weighted by Crippen LogP contribution is -2.15. The van der Waals surface area contributed by atoms with E-state index in [1.807, 2.05) is 43.7 Å². The van der Waals surface area contributed by atoms with Crippen LogP contribution in [0.3, 0.4) is 0 Å². The maximum atomic E-state index is 12.2. The number of carbonyl (C=O) groups excluding carboxylic acids is 1. The summed E-state index contributed by atoms with van der Waals surface area (Å²) in [5.74, 6) is 1.65. The predicted octanol–water partition coefficient (Wildman–Crippen LogP) is 4.13. The second-order valence-electron chi connectivity index (χ2n) is 5.33. The number of ether oxygens (including phenoxy) is 2. The molecule has 116 valence electrons. The van der Waals surface area contributed by atoms with Crippen LogP contribution in [0.15, 0.2) is 22.7 Å². The van der Waals surface area contributed by atoms with E-state index in [1.165, 1.54) is 0 Å². The van der Waals surface area contributed by atoms with Crippen molar-refractivity contribution in [3.05, 3.63) is 33.9 Å². The number of halogens is 1. The van der Waals surface area contributed by atoms with E-state index in [9.17, 15) is 4.79 Å². The lowest BCUT2D eigenvalue weighted by atomic mass is 10.1. The molecule has 0 saturated carbocycles. The van der Waals surface area contributed by atoms with Crippen molar-refractivity contribution in [1.29, 1.82) is 0 Å². The summed E-state index contributed by atoms with van der Waals surface area (Å²) in [6.07, 6.45) is 0.483. The fourth-order valence-electron chi connectivity index (χ4n) is 2.87. The fourth-order valence-corrected chi connectivity index (χ4v) is 3.54. The van der Waals surface area contributed by atoms with E-state index >= 15 is 0 Å². The van der Waals surface area contributed by atoms with E-state index in [1.54, 1.807) is 0 Å². The number of fused-ring (bicyclic) bond motifs is 1. The Morgan fingerprint density at radius 3 is 2.64 bits per heavy atom. The van der Waals surface area contributed by atoms with E-state index in [2.05, 4.69) is 15.9 Å². The Kier molecular flexibility index (Phi) is 4.00. The van der Waals surface area contributed by atoms with Crippen LogP contribution in [0.2, 0.25) is 0 Å². The van der Waals surface area contributed by atoms with Crippen LogP contribution >= 0.6 is 15.9 Å². The highest BCUT2D eigenvalue weighted by molar-refractivity contribution is 9.10. The highest BCUT2D eigenvalue weighted by atomic mass is 79.9. The van der Waals surface area contributed by atoms with Crippen molar-refractivity contribution in [2.75, 3.05) is 13.2 Å². The van der Waals surface area contributed by atoms with Crippen molar-refractivity contribution in [1.82, 2.24) is 4.57 Å². The third-order valence-electron chi connectivity index (χ3n) is 3.96. The Morgan fingerprint density at radius 1 is 1.27 bits per heavy atom. The summed E-state index contributed by atoms with van der Waals surface area (Å²) in [5, 5.41) is 0. The van der Waals surface area contributed by atoms with Gasteiger partial charge in [-0.15, -0.1) is 0 Å². The van der Waals surface area contributed by atoms with Gasteiger partial charge in [-0.1, -0.05) is 6.92 Å². The number of nitrogens with zero attached hydrogens (tertiary/aromatic N) is 1. The van der Waals surface area contributed by atoms with Crippen molar-refractivity contribution < 1.29 is 14.3 Å². The zero-order valence-electron chi connectivity index (χ0n) is 12.9. The molecule has 1 aliphatic heterocycles. The van der Waals surface area contributed by atoms with Gasteiger partial charge in [-0.2, -0.15) is 0 Å². The molecule has 0 unspecified atom stereocenters. The number of aromatic nitrogens is 1. The minimum atomic E-state index is 0.126. The normalized spacial score (nSPS) is 13.3. The highest BCUT2D eigenvalue weighted by Crippen LogP contribution is 2.39. The van der Waals surface area contributed by atoms with Gasteiger partial charge in [0.25, 0.3) is 0 Å². The minimum Gasteiger partial charge on any atom is -0.486 e. The summed E-state index contributed by atoms with van der Waals surface area (Å²) >= 11 is 3.57. The molecule has 22 heavy (non-hydrogen) atoms. The smallest absolute Gasteiger partial charge is 0.180 e. The molecule has 2 aromatic rings. The fraction of sp³-hybridized carbons (Fsp3) is 0.353. The molecule has 5 heteroatoms. The first-order valence-electron chi connectivity index (χ1n) is 7.32. The molecule has 0 radical (unpaired) electrons. The SMILES string of the molecule is CCC(=O)c1c(Br)c(C)c(-c2ccc3c(c2)OCCO3)n1C. The van der Waals surface area contributed by atoms with E-state index in [-0.39, 0.29) is 5.78 Å². The molecule has 0 saturated heterocycles. The van der Waals surface area contributed by atoms with Crippen LogP contribution in [0, 0.1) is 6.92 Å². The lowest BCUT2D eigenvalue weighted by molar-refractivity contribution is 0.0979. The average molecular weight is 364 g/mol. The number of carbonyl (C=O) groups is 1. The van der Waals surface area contributed by atoms with Crippen LogP contribution in [-0.2, 0) is 7.05 Å². The van der Waals surface area contributed by atoms with Gasteiger partial charge in [0.15, 0.2) is 17.3 Å². The zero-order chi connectivity index (χ0) is 15.9. The molecule has 0 amide bonds. The van der Waals surface area contributed by atoms with Gasteiger partial charge in [0, 0.05) is 23.5 Å². The van der Waals surface area contributed by atoms with Gasteiger partial charge in [0.2, 0.25) is 0 Å². The van der Waals surface area contributed by atoms with Gasteiger partial charge in [-0.25, -0.2) is 0 Å². The number of hydrogen-bond donors (Lipinski definition) is 0. The Bertz CT molecular complexity index is 749. The maximum absolute atomic E-state index is 12.2. The second-order valence-corrected chi connectivity index (χ2v) is 6.12. The average Bonchev–Trinajstić information content (AvgIpc) is 2.76. The first-order chi connectivity index (χ1) is 10.5. The summed E-state index contributed by atoms with van der Waals surface area (Å²) in [6.45, 7) is 5.03. The third kappa shape index (κ3) is 2.33. The van der Waals surface area contributed by atoms with E-state index < -0.39 is 0 Å². The topological polar surface area (TPSA) is 40.5 Å². The van der Waals surface area contributed by atoms with Crippen LogP contribution < -0.4 is 9.47 Å². The van der Waals surface area contributed by atoms with Crippen molar-refractivity contribution in [3.8, 4) is 22.8 Å². The van der Waals surface area contributed by atoms with Crippen LogP contribution in [0.1, 0.15) is 29.4 Å². The molecule has 1 aromatic carbocycles. The second kappa shape index (κ2) is 5.80. The molecule has 1 aromatic heterocycles. The molecule has 0 aliphatic carbocycles. The van der Waals surface area contributed by atoms with E-state index in [0.717, 1.165) is 32.8 Å². The molecule has 0 fully saturated rings.